The van der Waals surface area contributed by atoms with E-state index in [0.29, 0.717) is 19.0 Å². The van der Waals surface area contributed by atoms with Crippen LogP contribution in [0.1, 0.15) is 38.7 Å². The van der Waals surface area contributed by atoms with Crippen molar-refractivity contribution >= 4 is 11.9 Å². The van der Waals surface area contributed by atoms with Gasteiger partial charge in [0.05, 0.1) is 6.54 Å². The summed E-state index contributed by atoms with van der Waals surface area (Å²) in [7, 11) is 0. The lowest BCUT2D eigenvalue weighted by Crippen LogP contribution is -2.43. The summed E-state index contributed by atoms with van der Waals surface area (Å²) < 4.78 is 0. The molecular weight excluding hydrogens is 278 g/mol. The maximum Gasteiger partial charge on any atom is 0.315 e. The van der Waals surface area contributed by atoms with Crippen LogP contribution in [0.5, 0.6) is 0 Å². The first-order chi connectivity index (χ1) is 10.5. The maximum absolute atomic E-state index is 11.8. The number of nitrogens with one attached hydrogen (secondary N) is 3. The Balaban J connectivity index is 2.39. The van der Waals surface area contributed by atoms with Crippen molar-refractivity contribution in [1.29, 1.82) is 0 Å². The average molecular weight is 305 g/mol. The fourth-order valence-electron chi connectivity index (χ4n) is 2.19. The second-order valence-corrected chi connectivity index (χ2v) is 5.67. The molecule has 122 valence electrons. The number of rotatable bonds is 8. The van der Waals surface area contributed by atoms with Crippen molar-refractivity contribution in [3.63, 3.8) is 0 Å². The molecule has 0 saturated heterocycles. The Labute approximate surface area is 132 Å². The van der Waals surface area contributed by atoms with Crippen LogP contribution in [0.25, 0.3) is 0 Å². The molecule has 0 aliphatic heterocycles. The van der Waals surface area contributed by atoms with Crippen molar-refractivity contribution in [2.75, 3.05) is 19.6 Å². The van der Waals surface area contributed by atoms with E-state index in [2.05, 4.69) is 41.9 Å². The normalized spacial score (nSPS) is 11.8. The van der Waals surface area contributed by atoms with Crippen LogP contribution in [0.15, 0.2) is 30.3 Å². The van der Waals surface area contributed by atoms with E-state index < -0.39 is 0 Å². The lowest BCUT2D eigenvalue weighted by atomic mass is 9.88. The Morgan fingerprint density at radius 1 is 1.05 bits per heavy atom. The molecule has 0 bridgehead atoms. The molecule has 0 saturated carbocycles. The van der Waals surface area contributed by atoms with Crippen molar-refractivity contribution in [1.82, 2.24) is 16.0 Å². The van der Waals surface area contributed by atoms with E-state index in [-0.39, 0.29) is 24.4 Å². The van der Waals surface area contributed by atoms with Gasteiger partial charge in [0.15, 0.2) is 0 Å². The van der Waals surface area contributed by atoms with Crippen LogP contribution in [0.3, 0.4) is 0 Å². The Morgan fingerprint density at radius 3 is 2.32 bits per heavy atom. The number of hydrogen-bond donors (Lipinski definition) is 3. The van der Waals surface area contributed by atoms with E-state index >= 15 is 0 Å². The highest BCUT2D eigenvalue weighted by Gasteiger charge is 2.16. The van der Waals surface area contributed by atoms with Crippen LogP contribution in [0.4, 0.5) is 4.79 Å². The van der Waals surface area contributed by atoms with Gasteiger partial charge in [0, 0.05) is 19.0 Å². The third-order valence-corrected chi connectivity index (χ3v) is 3.50. The number of hydrogen-bond acceptors (Lipinski definition) is 2. The van der Waals surface area contributed by atoms with Crippen LogP contribution in [-0.4, -0.2) is 31.6 Å². The van der Waals surface area contributed by atoms with Crippen LogP contribution >= 0.6 is 0 Å². The number of amides is 3. The highest BCUT2D eigenvalue weighted by molar-refractivity contribution is 5.83. The van der Waals surface area contributed by atoms with Gasteiger partial charge in [-0.1, -0.05) is 51.1 Å². The molecule has 22 heavy (non-hydrogen) atoms. The van der Waals surface area contributed by atoms with Gasteiger partial charge in [-0.05, 0) is 17.9 Å². The fraction of sp³-hybridized carbons (Fsp3) is 0.529. The average Bonchev–Trinajstić information content (AvgIpc) is 2.51. The molecule has 5 nitrogen and oxygen atoms in total. The van der Waals surface area contributed by atoms with Gasteiger partial charge >= 0.3 is 6.03 Å². The Bertz CT molecular complexity index is 460. The van der Waals surface area contributed by atoms with Gasteiger partial charge in [-0.15, -0.1) is 0 Å². The van der Waals surface area contributed by atoms with Gasteiger partial charge in [-0.2, -0.15) is 0 Å². The van der Waals surface area contributed by atoms with Crippen LogP contribution in [0.2, 0.25) is 0 Å². The van der Waals surface area contributed by atoms with E-state index in [1.165, 1.54) is 5.56 Å². The smallest absolute Gasteiger partial charge is 0.315 e. The van der Waals surface area contributed by atoms with Crippen molar-refractivity contribution in [3.8, 4) is 0 Å². The molecular formula is C17H27N3O2. The van der Waals surface area contributed by atoms with E-state index in [4.69, 9.17) is 0 Å². The Hall–Kier alpha value is -2.04. The molecule has 0 spiro atoms. The van der Waals surface area contributed by atoms with Gasteiger partial charge in [0.2, 0.25) is 5.91 Å². The van der Waals surface area contributed by atoms with Gasteiger partial charge in [-0.3, -0.25) is 4.79 Å². The SMILES string of the molecule is CCCNC(=O)CNC(=O)NCC(c1ccccc1)C(C)C. The monoisotopic (exact) mass is 305 g/mol. The molecule has 0 radical (unpaired) electrons. The molecule has 1 aromatic carbocycles. The zero-order valence-corrected chi connectivity index (χ0v) is 13.7. The lowest BCUT2D eigenvalue weighted by molar-refractivity contribution is -0.120. The summed E-state index contributed by atoms with van der Waals surface area (Å²) in [4.78, 5) is 23.2. The van der Waals surface area contributed by atoms with Gasteiger partial charge in [0.1, 0.15) is 0 Å². The molecule has 1 aromatic rings. The van der Waals surface area contributed by atoms with Crippen LogP contribution in [0, 0.1) is 5.92 Å². The molecule has 1 rings (SSSR count). The summed E-state index contributed by atoms with van der Waals surface area (Å²) in [6, 6.07) is 9.82. The largest absolute Gasteiger partial charge is 0.355 e. The summed E-state index contributed by atoms with van der Waals surface area (Å²) in [6.07, 6.45) is 0.880. The third kappa shape index (κ3) is 6.61. The zero-order chi connectivity index (χ0) is 16.4. The standard InChI is InChI=1S/C17H27N3O2/c1-4-10-18-16(21)12-20-17(22)19-11-15(13(2)3)14-8-6-5-7-9-14/h5-9,13,15H,4,10-12H2,1-3H3,(H,18,21)(H2,19,20,22). The number of carbonyl (C=O) groups excluding carboxylic acids is 2. The molecule has 0 heterocycles. The molecule has 5 heteroatoms. The first kappa shape index (κ1) is 18.0. The summed E-state index contributed by atoms with van der Waals surface area (Å²) in [5.74, 6) is 0.497. The third-order valence-electron chi connectivity index (χ3n) is 3.50. The van der Waals surface area contributed by atoms with E-state index in [9.17, 15) is 9.59 Å². The first-order valence-electron chi connectivity index (χ1n) is 7.88. The van der Waals surface area contributed by atoms with Crippen molar-refractivity contribution in [3.05, 3.63) is 35.9 Å². The molecule has 1 atom stereocenters. The molecule has 1 unspecified atom stereocenters. The van der Waals surface area contributed by atoms with Crippen molar-refractivity contribution < 1.29 is 9.59 Å². The summed E-state index contributed by atoms with van der Waals surface area (Å²) >= 11 is 0. The Kier molecular flexibility index (Phi) is 8.04. The summed E-state index contributed by atoms with van der Waals surface area (Å²) in [6.45, 7) is 7.43. The van der Waals surface area contributed by atoms with Crippen LogP contribution in [-0.2, 0) is 4.79 Å². The number of benzene rings is 1. The maximum atomic E-state index is 11.8. The zero-order valence-electron chi connectivity index (χ0n) is 13.7. The van der Waals surface area contributed by atoms with Gasteiger partial charge in [-0.25, -0.2) is 4.79 Å². The molecule has 3 amide bonds. The summed E-state index contributed by atoms with van der Waals surface area (Å²) in [5.41, 5.74) is 1.21. The molecule has 3 N–H and O–H groups in total. The Morgan fingerprint density at radius 2 is 1.73 bits per heavy atom. The summed E-state index contributed by atoms with van der Waals surface area (Å²) in [5, 5.41) is 8.13. The minimum atomic E-state index is -0.312. The van der Waals surface area contributed by atoms with Crippen molar-refractivity contribution in [2.24, 2.45) is 5.92 Å². The molecule has 0 aliphatic rings. The molecule has 0 aromatic heterocycles. The topological polar surface area (TPSA) is 70.2 Å². The minimum absolute atomic E-state index is 0.00349. The predicted molar refractivity (Wildman–Crippen MR) is 88.7 cm³/mol. The molecule has 0 aliphatic carbocycles. The lowest BCUT2D eigenvalue weighted by Gasteiger charge is -2.22. The number of urea groups is 1. The minimum Gasteiger partial charge on any atom is -0.355 e. The van der Waals surface area contributed by atoms with E-state index in [0.717, 1.165) is 6.42 Å². The van der Waals surface area contributed by atoms with Crippen molar-refractivity contribution in [2.45, 2.75) is 33.1 Å². The molecule has 0 fully saturated rings. The van der Waals surface area contributed by atoms with E-state index in [1.807, 2.05) is 25.1 Å². The highest BCUT2D eigenvalue weighted by Crippen LogP contribution is 2.23. The number of carbonyl (C=O) groups is 2. The quantitative estimate of drug-likeness (QED) is 0.689. The van der Waals surface area contributed by atoms with Crippen LogP contribution < -0.4 is 16.0 Å². The highest BCUT2D eigenvalue weighted by atomic mass is 16.2. The first-order valence-corrected chi connectivity index (χ1v) is 7.88. The second-order valence-electron chi connectivity index (χ2n) is 5.67. The van der Waals surface area contributed by atoms with E-state index in [1.54, 1.807) is 0 Å². The fourth-order valence-corrected chi connectivity index (χ4v) is 2.19. The second kappa shape index (κ2) is 9.82. The van der Waals surface area contributed by atoms with Gasteiger partial charge in [0.25, 0.3) is 0 Å². The van der Waals surface area contributed by atoms with Gasteiger partial charge < -0.3 is 16.0 Å². The predicted octanol–water partition coefficient (Wildman–Crippen LogP) is 2.25.